The predicted octanol–water partition coefficient (Wildman–Crippen LogP) is 4.44. The molecular weight excluding hydrogens is 387 g/mol. The van der Waals surface area contributed by atoms with Gasteiger partial charge in [0.15, 0.2) is 17.3 Å². The minimum atomic E-state index is -4.51. The summed E-state index contributed by atoms with van der Waals surface area (Å²) in [5.74, 6) is 0.288. The number of hydrogen-bond donors (Lipinski definition) is 2. The highest BCUT2D eigenvalue weighted by molar-refractivity contribution is 6.33. The molecule has 11 heteroatoms. The molecule has 0 saturated carbocycles. The van der Waals surface area contributed by atoms with E-state index >= 15 is 0 Å². The van der Waals surface area contributed by atoms with Crippen LogP contribution in [0.5, 0.6) is 0 Å². The van der Waals surface area contributed by atoms with Crippen LogP contribution in [0.1, 0.15) is 21.8 Å². The first-order valence-electron chi connectivity index (χ1n) is 7.44. The van der Waals surface area contributed by atoms with Crippen LogP contribution in [0.15, 0.2) is 40.9 Å². The SMILES string of the molecule is Cc1cc(NC(=O)c2ccc(Nc3cc(C(F)(F)F)ccc3Cl)nn2)no1. The van der Waals surface area contributed by atoms with Crippen LogP contribution in [-0.2, 0) is 6.18 Å². The van der Waals surface area contributed by atoms with E-state index in [9.17, 15) is 18.0 Å². The zero-order valence-electron chi connectivity index (χ0n) is 13.6. The summed E-state index contributed by atoms with van der Waals surface area (Å²) in [5, 5.41) is 16.3. The standard InChI is InChI=1S/C16H11ClF3N5O2/c1-8-6-14(25-27-8)22-15(26)11-4-5-13(24-23-11)21-12-7-9(16(18,19)20)2-3-10(12)17/h2-7H,1H3,(H,21,24)(H,22,25,26). The van der Waals surface area contributed by atoms with Crippen molar-refractivity contribution in [3.05, 3.63) is 58.4 Å². The Morgan fingerprint density at radius 3 is 2.48 bits per heavy atom. The van der Waals surface area contributed by atoms with Gasteiger partial charge >= 0.3 is 6.18 Å². The number of amides is 1. The Hall–Kier alpha value is -3.14. The third-order valence-electron chi connectivity index (χ3n) is 3.32. The predicted molar refractivity (Wildman–Crippen MR) is 91.0 cm³/mol. The lowest BCUT2D eigenvalue weighted by Gasteiger charge is -2.11. The molecule has 0 saturated heterocycles. The summed E-state index contributed by atoms with van der Waals surface area (Å²) in [5.41, 5.74) is -0.867. The molecule has 7 nitrogen and oxygen atoms in total. The Morgan fingerprint density at radius 1 is 1.11 bits per heavy atom. The van der Waals surface area contributed by atoms with Crippen molar-refractivity contribution in [1.29, 1.82) is 0 Å². The number of aryl methyl sites for hydroxylation is 1. The molecule has 0 aliphatic heterocycles. The Labute approximate surface area is 155 Å². The van der Waals surface area contributed by atoms with E-state index in [0.717, 1.165) is 18.2 Å². The number of anilines is 3. The minimum Gasteiger partial charge on any atom is -0.360 e. The van der Waals surface area contributed by atoms with E-state index in [1.807, 2.05) is 0 Å². The van der Waals surface area contributed by atoms with E-state index in [4.69, 9.17) is 16.1 Å². The van der Waals surface area contributed by atoms with Crippen molar-refractivity contribution in [2.45, 2.75) is 13.1 Å². The Bertz CT molecular complexity index is 973. The van der Waals surface area contributed by atoms with Gasteiger partial charge in [-0.25, -0.2) is 0 Å². The molecule has 3 rings (SSSR count). The van der Waals surface area contributed by atoms with Gasteiger partial charge in [0.1, 0.15) is 5.76 Å². The highest BCUT2D eigenvalue weighted by Gasteiger charge is 2.31. The minimum absolute atomic E-state index is 0.0102. The highest BCUT2D eigenvalue weighted by atomic mass is 35.5. The molecule has 2 N–H and O–H groups in total. The van der Waals surface area contributed by atoms with Gasteiger partial charge in [0.05, 0.1) is 16.3 Å². The molecule has 2 aromatic heterocycles. The molecule has 140 valence electrons. The summed E-state index contributed by atoms with van der Waals surface area (Å²) in [7, 11) is 0. The number of carbonyl (C=O) groups excluding carboxylic acids is 1. The van der Waals surface area contributed by atoms with E-state index in [1.165, 1.54) is 18.2 Å². The van der Waals surface area contributed by atoms with Crippen LogP contribution in [0, 0.1) is 6.92 Å². The number of aromatic nitrogens is 3. The molecule has 0 spiro atoms. The summed E-state index contributed by atoms with van der Waals surface area (Å²) in [4.78, 5) is 12.0. The molecule has 27 heavy (non-hydrogen) atoms. The topological polar surface area (TPSA) is 92.9 Å². The first kappa shape index (κ1) is 18.6. The van der Waals surface area contributed by atoms with Gasteiger partial charge in [-0.15, -0.1) is 10.2 Å². The monoisotopic (exact) mass is 397 g/mol. The number of rotatable bonds is 4. The molecular formula is C16H11ClF3N5O2. The lowest BCUT2D eigenvalue weighted by Crippen LogP contribution is -2.14. The summed E-state index contributed by atoms with van der Waals surface area (Å²) in [6.45, 7) is 1.67. The van der Waals surface area contributed by atoms with Crippen LogP contribution >= 0.6 is 11.6 Å². The summed E-state index contributed by atoms with van der Waals surface area (Å²) in [6, 6.07) is 7.11. The number of nitrogens with one attached hydrogen (secondary N) is 2. The van der Waals surface area contributed by atoms with Gasteiger partial charge in [-0.3, -0.25) is 4.79 Å². The zero-order valence-corrected chi connectivity index (χ0v) is 14.4. The molecule has 3 aromatic rings. The number of alkyl halides is 3. The smallest absolute Gasteiger partial charge is 0.360 e. The van der Waals surface area contributed by atoms with Crippen molar-refractivity contribution in [2.24, 2.45) is 0 Å². The van der Waals surface area contributed by atoms with Crippen LogP contribution in [0.3, 0.4) is 0 Å². The van der Waals surface area contributed by atoms with Crippen molar-refractivity contribution in [1.82, 2.24) is 15.4 Å². The highest BCUT2D eigenvalue weighted by Crippen LogP contribution is 2.34. The van der Waals surface area contributed by atoms with Crippen molar-refractivity contribution >= 4 is 34.8 Å². The van der Waals surface area contributed by atoms with Gasteiger partial charge in [-0.2, -0.15) is 13.2 Å². The van der Waals surface area contributed by atoms with Gasteiger partial charge in [0.25, 0.3) is 5.91 Å². The van der Waals surface area contributed by atoms with Crippen molar-refractivity contribution in [3.8, 4) is 0 Å². The maximum Gasteiger partial charge on any atom is 0.416 e. The molecule has 1 aromatic carbocycles. The fraction of sp³-hybridized carbons (Fsp3) is 0.125. The summed E-state index contributed by atoms with van der Waals surface area (Å²) < 4.78 is 43.2. The van der Waals surface area contributed by atoms with E-state index in [1.54, 1.807) is 6.92 Å². The van der Waals surface area contributed by atoms with Gasteiger partial charge in [0, 0.05) is 6.07 Å². The molecule has 0 fully saturated rings. The van der Waals surface area contributed by atoms with Gasteiger partial charge < -0.3 is 15.2 Å². The Kier molecular flexibility index (Phi) is 5.00. The molecule has 0 bridgehead atoms. The largest absolute Gasteiger partial charge is 0.416 e. The van der Waals surface area contributed by atoms with Crippen LogP contribution in [0.2, 0.25) is 5.02 Å². The number of hydrogen-bond acceptors (Lipinski definition) is 6. The Balaban J connectivity index is 1.73. The molecule has 0 unspecified atom stereocenters. The average Bonchev–Trinajstić information content (AvgIpc) is 3.01. The summed E-state index contributed by atoms with van der Waals surface area (Å²) >= 11 is 5.91. The van der Waals surface area contributed by atoms with Gasteiger partial charge in [-0.1, -0.05) is 16.8 Å². The zero-order chi connectivity index (χ0) is 19.6. The molecule has 1 amide bonds. The first-order valence-corrected chi connectivity index (χ1v) is 7.82. The normalized spacial score (nSPS) is 11.3. The van der Waals surface area contributed by atoms with E-state index in [2.05, 4.69) is 26.0 Å². The van der Waals surface area contributed by atoms with E-state index in [-0.39, 0.29) is 28.0 Å². The second kappa shape index (κ2) is 7.23. The average molecular weight is 398 g/mol. The first-order chi connectivity index (χ1) is 12.7. The van der Waals surface area contributed by atoms with Crippen LogP contribution in [-0.4, -0.2) is 21.3 Å². The number of nitrogens with zero attached hydrogens (tertiary/aromatic N) is 3. The van der Waals surface area contributed by atoms with Crippen molar-refractivity contribution < 1.29 is 22.5 Å². The van der Waals surface area contributed by atoms with Crippen LogP contribution < -0.4 is 10.6 Å². The molecule has 0 aliphatic carbocycles. The quantitative estimate of drug-likeness (QED) is 0.676. The maximum atomic E-state index is 12.8. The second-order valence-corrected chi connectivity index (χ2v) is 5.81. The third kappa shape index (κ3) is 4.53. The molecule has 2 heterocycles. The van der Waals surface area contributed by atoms with Gasteiger partial charge in [-0.05, 0) is 37.3 Å². The lowest BCUT2D eigenvalue weighted by atomic mass is 10.2. The maximum absolute atomic E-state index is 12.8. The lowest BCUT2D eigenvalue weighted by molar-refractivity contribution is -0.137. The molecule has 0 aliphatic rings. The van der Waals surface area contributed by atoms with Crippen molar-refractivity contribution in [3.63, 3.8) is 0 Å². The second-order valence-electron chi connectivity index (χ2n) is 5.40. The fourth-order valence-corrected chi connectivity index (χ4v) is 2.23. The number of halogens is 4. The van der Waals surface area contributed by atoms with E-state index in [0.29, 0.717) is 5.76 Å². The van der Waals surface area contributed by atoms with Gasteiger partial charge in [0.2, 0.25) is 0 Å². The number of carbonyl (C=O) groups is 1. The van der Waals surface area contributed by atoms with Crippen LogP contribution in [0.4, 0.5) is 30.5 Å². The molecule has 0 atom stereocenters. The summed E-state index contributed by atoms with van der Waals surface area (Å²) in [6.07, 6.45) is -4.51. The van der Waals surface area contributed by atoms with E-state index < -0.39 is 17.6 Å². The van der Waals surface area contributed by atoms with Crippen LogP contribution in [0.25, 0.3) is 0 Å². The third-order valence-corrected chi connectivity index (χ3v) is 3.65. The Morgan fingerprint density at radius 2 is 1.89 bits per heavy atom. The fourth-order valence-electron chi connectivity index (χ4n) is 2.06. The molecule has 0 radical (unpaired) electrons. The van der Waals surface area contributed by atoms with Crippen molar-refractivity contribution in [2.75, 3.05) is 10.6 Å². The number of benzene rings is 1.